The number of ether oxygens (including phenoxy) is 1. The predicted octanol–water partition coefficient (Wildman–Crippen LogP) is 3.49. The zero-order valence-corrected chi connectivity index (χ0v) is 14.8. The molecule has 3 aromatic rings. The minimum absolute atomic E-state index is 0.107. The van der Waals surface area contributed by atoms with E-state index in [0.29, 0.717) is 10.8 Å². The number of nitrogens with one attached hydrogen (secondary N) is 1. The highest BCUT2D eigenvalue weighted by Gasteiger charge is 2.31. The van der Waals surface area contributed by atoms with Gasteiger partial charge in [-0.2, -0.15) is 13.2 Å². The summed E-state index contributed by atoms with van der Waals surface area (Å²) >= 11 is 5.86. The maximum absolute atomic E-state index is 12.9. The van der Waals surface area contributed by atoms with Crippen LogP contribution in [0.15, 0.2) is 42.6 Å². The zero-order valence-electron chi connectivity index (χ0n) is 14.0. The number of amides is 1. The van der Waals surface area contributed by atoms with Crippen molar-refractivity contribution < 1.29 is 22.7 Å². The number of carbonyl (C=O) groups is 1. The first kappa shape index (κ1) is 19.0. The number of fused-ring (bicyclic) bond motifs is 1. The fraction of sp³-hybridized carbons (Fsp3) is 0.235. The van der Waals surface area contributed by atoms with E-state index < -0.39 is 23.8 Å². The van der Waals surface area contributed by atoms with Gasteiger partial charge in [0, 0.05) is 11.2 Å². The molecule has 3 rings (SSSR count). The Bertz CT molecular complexity index is 974. The lowest BCUT2D eigenvalue weighted by molar-refractivity contribution is -0.138. The van der Waals surface area contributed by atoms with E-state index in [4.69, 9.17) is 16.3 Å². The lowest BCUT2D eigenvalue weighted by Crippen LogP contribution is -2.36. The molecule has 0 aliphatic heterocycles. The van der Waals surface area contributed by atoms with Gasteiger partial charge >= 0.3 is 6.18 Å². The first-order valence-electron chi connectivity index (χ1n) is 7.85. The van der Waals surface area contributed by atoms with E-state index >= 15 is 0 Å². The van der Waals surface area contributed by atoms with Crippen molar-refractivity contribution in [2.24, 2.45) is 0 Å². The highest BCUT2D eigenvalue weighted by molar-refractivity contribution is 6.30. The van der Waals surface area contributed by atoms with Crippen LogP contribution in [0.25, 0.3) is 5.65 Å². The smallest absolute Gasteiger partial charge is 0.417 e. The fourth-order valence-corrected chi connectivity index (χ4v) is 2.51. The summed E-state index contributed by atoms with van der Waals surface area (Å²) < 4.78 is 45.3. The number of aromatic nitrogens is 3. The van der Waals surface area contributed by atoms with E-state index in [-0.39, 0.29) is 18.0 Å². The number of benzene rings is 1. The van der Waals surface area contributed by atoms with Crippen LogP contribution < -0.4 is 10.1 Å². The zero-order chi connectivity index (χ0) is 19.6. The first-order valence-corrected chi connectivity index (χ1v) is 8.22. The summed E-state index contributed by atoms with van der Waals surface area (Å²) in [6, 6.07) is 8.71. The molecule has 1 aromatic carbocycles. The molecule has 2 heterocycles. The summed E-state index contributed by atoms with van der Waals surface area (Å²) in [6.07, 6.45) is -4.44. The monoisotopic (exact) mass is 398 g/mol. The van der Waals surface area contributed by atoms with E-state index in [2.05, 4.69) is 15.5 Å². The van der Waals surface area contributed by atoms with Crippen LogP contribution in [-0.2, 0) is 17.5 Å². The van der Waals surface area contributed by atoms with Crippen LogP contribution in [0.1, 0.15) is 18.3 Å². The van der Waals surface area contributed by atoms with Crippen molar-refractivity contribution in [3.63, 3.8) is 0 Å². The van der Waals surface area contributed by atoms with Gasteiger partial charge in [0.15, 0.2) is 17.6 Å². The van der Waals surface area contributed by atoms with Crippen LogP contribution in [0.3, 0.4) is 0 Å². The predicted molar refractivity (Wildman–Crippen MR) is 91.4 cm³/mol. The molecule has 0 aliphatic rings. The molecule has 0 aliphatic carbocycles. The number of pyridine rings is 1. The van der Waals surface area contributed by atoms with E-state index in [0.717, 1.165) is 12.3 Å². The molecule has 0 unspecified atom stereocenters. The van der Waals surface area contributed by atoms with Crippen LogP contribution in [0, 0.1) is 0 Å². The largest absolute Gasteiger partial charge is 0.481 e. The molecule has 10 heteroatoms. The third-order valence-corrected chi connectivity index (χ3v) is 3.93. The molecule has 0 bridgehead atoms. The van der Waals surface area contributed by atoms with Crippen molar-refractivity contribution in [2.45, 2.75) is 25.7 Å². The Morgan fingerprint density at radius 1 is 1.30 bits per heavy atom. The Morgan fingerprint density at radius 3 is 2.78 bits per heavy atom. The number of nitrogens with zero attached hydrogens (tertiary/aromatic N) is 3. The molecule has 2 aromatic heterocycles. The Hall–Kier alpha value is -2.81. The molecule has 0 fully saturated rings. The third-order valence-electron chi connectivity index (χ3n) is 3.70. The van der Waals surface area contributed by atoms with Gasteiger partial charge in [-0.15, -0.1) is 10.2 Å². The molecule has 0 saturated heterocycles. The summed E-state index contributed by atoms with van der Waals surface area (Å²) in [6.45, 7) is 1.43. The second-order valence-corrected chi connectivity index (χ2v) is 6.13. The highest BCUT2D eigenvalue weighted by Crippen LogP contribution is 2.29. The van der Waals surface area contributed by atoms with E-state index in [1.54, 1.807) is 31.2 Å². The van der Waals surface area contributed by atoms with Crippen molar-refractivity contribution in [2.75, 3.05) is 0 Å². The van der Waals surface area contributed by atoms with Gasteiger partial charge < -0.3 is 10.1 Å². The van der Waals surface area contributed by atoms with Crippen LogP contribution >= 0.6 is 11.6 Å². The van der Waals surface area contributed by atoms with Gasteiger partial charge in [0.05, 0.1) is 12.1 Å². The Morgan fingerprint density at radius 2 is 2.07 bits per heavy atom. The number of hydrogen-bond acceptors (Lipinski definition) is 4. The van der Waals surface area contributed by atoms with E-state index in [9.17, 15) is 18.0 Å². The normalized spacial score (nSPS) is 12.8. The molecule has 1 amide bonds. The highest BCUT2D eigenvalue weighted by atomic mass is 35.5. The Balaban J connectivity index is 1.68. The minimum Gasteiger partial charge on any atom is -0.481 e. The molecule has 0 spiro atoms. The third kappa shape index (κ3) is 4.48. The molecular formula is C17H14ClF3N4O2. The SMILES string of the molecule is C[C@H](Oc1cccc(Cl)c1)C(=O)NCc1nnc2ccc(C(F)(F)F)cn12. The summed E-state index contributed by atoms with van der Waals surface area (Å²) in [5.41, 5.74) is -0.587. The average Bonchev–Trinajstić information content (AvgIpc) is 3.01. The molecule has 1 N–H and O–H groups in total. The van der Waals surface area contributed by atoms with Gasteiger partial charge in [-0.05, 0) is 37.3 Å². The van der Waals surface area contributed by atoms with E-state index in [1.165, 1.54) is 10.5 Å². The molecule has 27 heavy (non-hydrogen) atoms. The van der Waals surface area contributed by atoms with Gasteiger partial charge in [0.25, 0.3) is 5.91 Å². The van der Waals surface area contributed by atoms with Gasteiger partial charge in [0.1, 0.15) is 5.75 Å². The minimum atomic E-state index is -4.49. The molecule has 6 nitrogen and oxygen atoms in total. The first-order chi connectivity index (χ1) is 12.7. The number of hydrogen-bond donors (Lipinski definition) is 1. The summed E-state index contributed by atoms with van der Waals surface area (Å²) in [5, 5.41) is 10.6. The topological polar surface area (TPSA) is 68.5 Å². The Labute approximate surface area is 156 Å². The lowest BCUT2D eigenvalue weighted by atomic mass is 10.3. The summed E-state index contributed by atoms with van der Waals surface area (Å²) in [4.78, 5) is 12.2. The number of halogens is 4. The summed E-state index contributed by atoms with van der Waals surface area (Å²) in [5.74, 6) is 0.131. The molecule has 0 saturated carbocycles. The van der Waals surface area contributed by atoms with Crippen molar-refractivity contribution in [3.8, 4) is 5.75 Å². The second-order valence-electron chi connectivity index (χ2n) is 5.70. The van der Waals surface area contributed by atoms with Crippen LogP contribution in [0.4, 0.5) is 13.2 Å². The average molecular weight is 399 g/mol. The quantitative estimate of drug-likeness (QED) is 0.714. The maximum Gasteiger partial charge on any atom is 0.417 e. The Kier molecular flexibility index (Phi) is 5.22. The molecule has 142 valence electrons. The second kappa shape index (κ2) is 7.43. The van der Waals surface area contributed by atoms with Crippen LogP contribution in [-0.4, -0.2) is 26.6 Å². The van der Waals surface area contributed by atoms with Crippen molar-refractivity contribution in [1.29, 1.82) is 0 Å². The number of carbonyl (C=O) groups excluding carboxylic acids is 1. The molecule has 0 radical (unpaired) electrons. The van der Waals surface area contributed by atoms with Crippen LogP contribution in [0.5, 0.6) is 5.75 Å². The maximum atomic E-state index is 12.9. The number of rotatable bonds is 5. The standard InChI is InChI=1S/C17H14ClF3N4O2/c1-10(27-13-4-2-3-12(18)7-13)16(26)22-8-15-24-23-14-6-5-11(9-25(14)15)17(19,20)21/h2-7,9-10H,8H2,1H3,(H,22,26)/t10-/m0/s1. The van der Waals surface area contributed by atoms with Crippen molar-refractivity contribution in [1.82, 2.24) is 19.9 Å². The van der Waals surface area contributed by atoms with Crippen molar-refractivity contribution in [3.05, 3.63) is 59.0 Å². The van der Waals surface area contributed by atoms with Gasteiger partial charge in [-0.25, -0.2) is 0 Å². The van der Waals surface area contributed by atoms with Gasteiger partial charge in [-0.3, -0.25) is 9.20 Å². The molecular weight excluding hydrogens is 385 g/mol. The van der Waals surface area contributed by atoms with E-state index in [1.807, 2.05) is 0 Å². The molecule has 1 atom stereocenters. The van der Waals surface area contributed by atoms with Gasteiger partial charge in [-0.1, -0.05) is 17.7 Å². The summed E-state index contributed by atoms with van der Waals surface area (Å²) in [7, 11) is 0. The van der Waals surface area contributed by atoms with Crippen molar-refractivity contribution >= 4 is 23.2 Å². The van der Waals surface area contributed by atoms with Gasteiger partial charge in [0.2, 0.25) is 0 Å². The number of alkyl halides is 3. The fourth-order valence-electron chi connectivity index (χ4n) is 2.33. The van der Waals surface area contributed by atoms with Crippen LogP contribution in [0.2, 0.25) is 5.02 Å². The lowest BCUT2D eigenvalue weighted by Gasteiger charge is -2.14.